The Morgan fingerprint density at radius 2 is 2.30 bits per heavy atom. The molecule has 1 heterocycles. The summed E-state index contributed by atoms with van der Waals surface area (Å²) in [5.41, 5.74) is 0.580. The summed E-state index contributed by atoms with van der Waals surface area (Å²) < 4.78 is 5.66. The molecule has 1 aliphatic rings. The molecule has 0 aliphatic carbocycles. The number of ether oxygens (including phenoxy) is 1. The van der Waals surface area contributed by atoms with Gasteiger partial charge in [0.25, 0.3) is 5.69 Å². The first-order valence-corrected chi connectivity index (χ1v) is 7.05. The minimum atomic E-state index is -0.374. The van der Waals surface area contributed by atoms with Crippen molar-refractivity contribution in [3.05, 3.63) is 38.9 Å². The van der Waals surface area contributed by atoms with Gasteiger partial charge in [-0.15, -0.1) is 0 Å². The molecular formula is C14H19ClN2O3. The van der Waals surface area contributed by atoms with Crippen LogP contribution in [0.2, 0.25) is 5.02 Å². The Hall–Kier alpha value is -1.17. The highest BCUT2D eigenvalue weighted by atomic mass is 35.5. The van der Waals surface area contributed by atoms with Gasteiger partial charge in [-0.2, -0.15) is 0 Å². The summed E-state index contributed by atoms with van der Waals surface area (Å²) in [6.45, 7) is 5.27. The number of nitrogens with zero attached hydrogens (tertiary/aromatic N) is 1. The Bertz CT molecular complexity index is 505. The van der Waals surface area contributed by atoms with Crippen molar-refractivity contribution >= 4 is 17.3 Å². The smallest absolute Gasteiger partial charge is 0.273 e. The first-order valence-electron chi connectivity index (χ1n) is 6.67. The van der Waals surface area contributed by atoms with E-state index in [2.05, 4.69) is 19.2 Å². The fourth-order valence-electron chi connectivity index (χ4n) is 2.53. The van der Waals surface area contributed by atoms with Gasteiger partial charge in [-0.1, -0.05) is 11.6 Å². The third kappa shape index (κ3) is 3.91. The maximum atomic E-state index is 11.0. The topological polar surface area (TPSA) is 64.4 Å². The molecular weight excluding hydrogens is 280 g/mol. The summed E-state index contributed by atoms with van der Waals surface area (Å²) in [5.74, 6) is 0. The molecule has 1 aromatic rings. The predicted octanol–water partition coefficient (Wildman–Crippen LogP) is 3.30. The van der Waals surface area contributed by atoms with Gasteiger partial charge in [0.05, 0.1) is 10.5 Å². The van der Waals surface area contributed by atoms with E-state index in [1.807, 2.05) is 0 Å². The zero-order valence-corrected chi connectivity index (χ0v) is 12.4. The van der Waals surface area contributed by atoms with Gasteiger partial charge in [0.1, 0.15) is 0 Å². The highest BCUT2D eigenvalue weighted by Gasteiger charge is 2.28. The molecule has 1 atom stereocenters. The molecule has 2 rings (SSSR count). The fourth-order valence-corrected chi connectivity index (χ4v) is 2.73. The van der Waals surface area contributed by atoms with Crippen molar-refractivity contribution in [3.8, 4) is 0 Å². The van der Waals surface area contributed by atoms with E-state index in [1.165, 1.54) is 6.07 Å². The number of rotatable bonds is 4. The summed E-state index contributed by atoms with van der Waals surface area (Å²) in [7, 11) is 0. The molecule has 0 bridgehead atoms. The van der Waals surface area contributed by atoms with E-state index in [9.17, 15) is 10.1 Å². The number of hydrogen-bond donors (Lipinski definition) is 1. The number of nitrogens with one attached hydrogen (secondary N) is 1. The minimum absolute atomic E-state index is 0.105. The molecule has 0 aromatic heterocycles. The van der Waals surface area contributed by atoms with Crippen LogP contribution in [-0.4, -0.2) is 23.2 Å². The van der Waals surface area contributed by atoms with E-state index >= 15 is 0 Å². The lowest BCUT2D eigenvalue weighted by Gasteiger charge is -2.36. The maximum Gasteiger partial charge on any atom is 0.273 e. The molecule has 1 N–H and O–H groups in total. The number of hydrogen-bond acceptors (Lipinski definition) is 4. The second-order valence-corrected chi connectivity index (χ2v) is 6.15. The Morgan fingerprint density at radius 3 is 2.95 bits per heavy atom. The zero-order valence-electron chi connectivity index (χ0n) is 11.7. The van der Waals surface area contributed by atoms with Crippen molar-refractivity contribution in [2.24, 2.45) is 0 Å². The van der Waals surface area contributed by atoms with E-state index in [0.717, 1.165) is 12.8 Å². The third-order valence-electron chi connectivity index (χ3n) is 3.52. The molecule has 6 heteroatoms. The maximum absolute atomic E-state index is 11.0. The minimum Gasteiger partial charge on any atom is -0.375 e. The van der Waals surface area contributed by atoms with Gasteiger partial charge >= 0.3 is 0 Å². The molecule has 1 aliphatic heterocycles. The zero-order chi connectivity index (χ0) is 14.8. The van der Waals surface area contributed by atoms with Gasteiger partial charge in [-0.05, 0) is 38.8 Å². The van der Waals surface area contributed by atoms with Gasteiger partial charge in [-0.3, -0.25) is 10.1 Å². The van der Waals surface area contributed by atoms with Gasteiger partial charge in [0.15, 0.2) is 0 Å². The quantitative estimate of drug-likeness (QED) is 0.684. The predicted molar refractivity (Wildman–Crippen MR) is 78.0 cm³/mol. The van der Waals surface area contributed by atoms with Crippen molar-refractivity contribution < 1.29 is 9.66 Å². The van der Waals surface area contributed by atoms with Gasteiger partial charge in [0, 0.05) is 35.8 Å². The van der Waals surface area contributed by atoms with Crippen LogP contribution in [0.4, 0.5) is 5.69 Å². The van der Waals surface area contributed by atoms with Crippen molar-refractivity contribution in [3.63, 3.8) is 0 Å². The van der Waals surface area contributed by atoms with E-state index < -0.39 is 0 Å². The van der Waals surface area contributed by atoms with Crippen LogP contribution >= 0.6 is 11.6 Å². The number of halogens is 1. The number of nitro groups is 1. The third-order valence-corrected chi connectivity index (χ3v) is 3.75. The van der Waals surface area contributed by atoms with Crippen LogP contribution < -0.4 is 5.32 Å². The lowest BCUT2D eigenvalue weighted by Crippen LogP contribution is -2.43. The Labute approximate surface area is 123 Å². The average molecular weight is 299 g/mol. The van der Waals surface area contributed by atoms with Crippen LogP contribution in [0.25, 0.3) is 0 Å². The standard InChI is InChI=1S/C14H19ClN2O3/c1-14(2)8-12(5-6-20-14)16-9-10-7-11(15)3-4-13(10)17(18)19/h3-4,7,12,16H,5-6,8-9H2,1-2H3. The molecule has 0 saturated carbocycles. The van der Waals surface area contributed by atoms with Gasteiger partial charge < -0.3 is 10.1 Å². The molecule has 0 spiro atoms. The number of nitro benzene ring substituents is 1. The average Bonchev–Trinajstić information content (AvgIpc) is 2.35. The normalized spacial score (nSPS) is 21.6. The highest BCUT2D eigenvalue weighted by molar-refractivity contribution is 6.30. The van der Waals surface area contributed by atoms with Crippen molar-refractivity contribution in [2.75, 3.05) is 6.61 Å². The highest BCUT2D eigenvalue weighted by Crippen LogP contribution is 2.26. The summed E-state index contributed by atoms with van der Waals surface area (Å²) in [4.78, 5) is 10.6. The lowest BCUT2D eigenvalue weighted by atomic mass is 9.94. The first kappa shape index (κ1) is 15.2. The molecule has 110 valence electrons. The summed E-state index contributed by atoms with van der Waals surface area (Å²) in [6, 6.07) is 4.95. The van der Waals surface area contributed by atoms with Crippen LogP contribution in [0.3, 0.4) is 0 Å². The van der Waals surface area contributed by atoms with Gasteiger partial charge in [-0.25, -0.2) is 0 Å². The van der Waals surface area contributed by atoms with Crippen molar-refractivity contribution in [2.45, 2.75) is 44.9 Å². The summed E-state index contributed by atoms with van der Waals surface area (Å²) in [6.07, 6.45) is 1.80. The Kier molecular flexibility index (Phi) is 4.62. The molecule has 20 heavy (non-hydrogen) atoms. The molecule has 5 nitrogen and oxygen atoms in total. The molecule has 1 saturated heterocycles. The van der Waals surface area contributed by atoms with E-state index in [-0.39, 0.29) is 16.2 Å². The van der Waals surface area contributed by atoms with E-state index in [1.54, 1.807) is 12.1 Å². The van der Waals surface area contributed by atoms with Crippen LogP contribution in [0, 0.1) is 10.1 Å². The monoisotopic (exact) mass is 298 g/mol. The molecule has 0 radical (unpaired) electrons. The molecule has 1 unspecified atom stereocenters. The largest absolute Gasteiger partial charge is 0.375 e. The number of benzene rings is 1. The van der Waals surface area contributed by atoms with Crippen LogP contribution in [-0.2, 0) is 11.3 Å². The van der Waals surface area contributed by atoms with Crippen molar-refractivity contribution in [1.82, 2.24) is 5.32 Å². The van der Waals surface area contributed by atoms with Crippen molar-refractivity contribution in [1.29, 1.82) is 0 Å². The molecule has 1 aromatic carbocycles. The van der Waals surface area contributed by atoms with Crippen LogP contribution in [0.15, 0.2) is 18.2 Å². The van der Waals surface area contributed by atoms with Gasteiger partial charge in [0.2, 0.25) is 0 Å². The molecule has 0 amide bonds. The fraction of sp³-hybridized carbons (Fsp3) is 0.571. The Balaban J connectivity index is 2.03. The lowest BCUT2D eigenvalue weighted by molar-refractivity contribution is -0.385. The first-order chi connectivity index (χ1) is 9.37. The SMILES string of the molecule is CC1(C)CC(NCc2cc(Cl)ccc2[N+](=O)[O-])CCO1. The summed E-state index contributed by atoms with van der Waals surface area (Å²) in [5, 5.41) is 14.9. The second kappa shape index (κ2) is 6.08. The van der Waals surface area contributed by atoms with Crippen LogP contribution in [0.1, 0.15) is 32.3 Å². The van der Waals surface area contributed by atoms with E-state index in [4.69, 9.17) is 16.3 Å². The Morgan fingerprint density at radius 1 is 1.55 bits per heavy atom. The second-order valence-electron chi connectivity index (χ2n) is 5.71. The molecule has 1 fully saturated rings. The van der Waals surface area contributed by atoms with Crippen LogP contribution in [0.5, 0.6) is 0 Å². The van der Waals surface area contributed by atoms with E-state index in [0.29, 0.717) is 29.8 Å². The summed E-state index contributed by atoms with van der Waals surface area (Å²) >= 11 is 5.92.